The van der Waals surface area contributed by atoms with Crippen LogP contribution in [0.5, 0.6) is 0 Å². The van der Waals surface area contributed by atoms with Crippen LogP contribution in [0.25, 0.3) is 0 Å². The Hall–Kier alpha value is -1.22. The van der Waals surface area contributed by atoms with Gasteiger partial charge in [-0.1, -0.05) is 6.08 Å². The molecule has 0 aromatic carbocycles. The number of carbonyl (C=O) groups excluding carboxylic acids is 1. The van der Waals surface area contributed by atoms with Crippen molar-refractivity contribution in [3.63, 3.8) is 0 Å². The summed E-state index contributed by atoms with van der Waals surface area (Å²) in [5.74, 6) is -0.100. The maximum atomic E-state index is 13.3. The summed E-state index contributed by atoms with van der Waals surface area (Å²) in [5.41, 5.74) is 0.922. The normalized spacial score (nSPS) is 25.1. The number of carbonyl (C=O) groups is 1. The zero-order chi connectivity index (χ0) is 10.1. The molecular weight excluding hydrogens is 205 g/mol. The summed E-state index contributed by atoms with van der Waals surface area (Å²) in [7, 11) is 0. The first-order valence-corrected chi connectivity index (χ1v) is 4.68. The number of aliphatic imine (C=N–C) groups is 1. The zero-order valence-corrected chi connectivity index (χ0v) is 7.96. The van der Waals surface area contributed by atoms with Gasteiger partial charge in [-0.25, -0.2) is 4.39 Å². The fourth-order valence-electron chi connectivity index (χ4n) is 1.39. The summed E-state index contributed by atoms with van der Waals surface area (Å²) >= 11 is 5.54. The monoisotopic (exact) mass is 211 g/mol. The van der Waals surface area contributed by atoms with E-state index in [2.05, 4.69) is 4.99 Å². The molecule has 0 fully saturated rings. The molecule has 0 saturated carbocycles. The van der Waals surface area contributed by atoms with Crippen LogP contribution in [-0.4, -0.2) is 23.5 Å². The quantitative estimate of drug-likeness (QED) is 0.610. The average Bonchev–Trinajstić information content (AvgIpc) is 2.19. The number of hydrogen-bond acceptors (Lipinski definition) is 2. The van der Waals surface area contributed by atoms with Gasteiger partial charge in [-0.15, -0.1) is 11.6 Å². The number of fused-ring (bicyclic) bond motifs is 1. The van der Waals surface area contributed by atoms with Gasteiger partial charge >= 0.3 is 0 Å². The van der Waals surface area contributed by atoms with E-state index in [1.165, 1.54) is 18.2 Å². The second-order valence-electron chi connectivity index (χ2n) is 3.00. The molecule has 0 N–H and O–H groups in total. The van der Waals surface area contributed by atoms with Gasteiger partial charge < -0.3 is 0 Å². The van der Waals surface area contributed by atoms with Gasteiger partial charge in [0.2, 0.25) is 0 Å². The molecule has 1 heterocycles. The Morgan fingerprint density at radius 1 is 1.57 bits per heavy atom. The molecule has 1 unspecified atom stereocenters. The Balaban J connectivity index is 2.46. The van der Waals surface area contributed by atoms with E-state index in [1.54, 1.807) is 6.08 Å². The minimum atomic E-state index is -1.30. The van der Waals surface area contributed by atoms with Gasteiger partial charge in [0.1, 0.15) is 0 Å². The van der Waals surface area contributed by atoms with Gasteiger partial charge in [0.15, 0.2) is 12.0 Å². The summed E-state index contributed by atoms with van der Waals surface area (Å²) in [6, 6.07) is 0. The standard InChI is InChI=1S/C10H7ClFNO/c11-5-6-4-9(14)7-2-1-3-8(12)10(7)13-6/h1-4,8H,5H2. The molecule has 0 bridgehead atoms. The molecule has 1 aliphatic carbocycles. The lowest BCUT2D eigenvalue weighted by Crippen LogP contribution is -2.26. The predicted octanol–water partition coefficient (Wildman–Crippen LogP) is 1.97. The van der Waals surface area contributed by atoms with Crippen LogP contribution in [0.3, 0.4) is 0 Å². The number of nitrogens with zero attached hydrogens (tertiary/aromatic N) is 1. The molecule has 4 heteroatoms. The van der Waals surface area contributed by atoms with Crippen molar-refractivity contribution in [3.05, 3.63) is 35.6 Å². The molecule has 0 spiro atoms. The van der Waals surface area contributed by atoms with E-state index in [1.807, 2.05) is 0 Å². The molecular formula is C10H7ClFNO. The summed E-state index contributed by atoms with van der Waals surface area (Å²) in [6.45, 7) is 0. The van der Waals surface area contributed by atoms with E-state index >= 15 is 0 Å². The number of rotatable bonds is 1. The third-order valence-electron chi connectivity index (χ3n) is 2.04. The van der Waals surface area contributed by atoms with Crippen LogP contribution >= 0.6 is 11.6 Å². The van der Waals surface area contributed by atoms with Crippen LogP contribution in [0.1, 0.15) is 0 Å². The lowest BCUT2D eigenvalue weighted by molar-refractivity contribution is -0.111. The van der Waals surface area contributed by atoms with Crippen LogP contribution in [-0.2, 0) is 4.79 Å². The highest BCUT2D eigenvalue weighted by Crippen LogP contribution is 2.21. The number of alkyl halides is 2. The van der Waals surface area contributed by atoms with Crippen molar-refractivity contribution in [2.75, 3.05) is 5.88 Å². The van der Waals surface area contributed by atoms with E-state index in [4.69, 9.17) is 11.6 Å². The van der Waals surface area contributed by atoms with E-state index in [0.717, 1.165) is 0 Å². The van der Waals surface area contributed by atoms with Crippen LogP contribution in [0.4, 0.5) is 4.39 Å². The summed E-state index contributed by atoms with van der Waals surface area (Å²) in [6.07, 6.45) is 4.49. The molecule has 0 radical (unpaired) electrons. The molecule has 0 aromatic heterocycles. The molecule has 1 atom stereocenters. The molecule has 1 aliphatic heterocycles. The van der Waals surface area contributed by atoms with Crippen LogP contribution in [0.2, 0.25) is 0 Å². The van der Waals surface area contributed by atoms with Crippen LogP contribution < -0.4 is 0 Å². The van der Waals surface area contributed by atoms with Gasteiger partial charge in [-0.2, -0.15) is 0 Å². The minimum Gasteiger partial charge on any atom is -0.289 e. The number of halogens is 2. The largest absolute Gasteiger partial charge is 0.289 e. The second-order valence-corrected chi connectivity index (χ2v) is 3.26. The summed E-state index contributed by atoms with van der Waals surface area (Å²) in [5, 5.41) is 0. The fraction of sp³-hybridized carbons (Fsp3) is 0.200. The average molecular weight is 212 g/mol. The first kappa shape index (κ1) is 9.34. The topological polar surface area (TPSA) is 29.4 Å². The predicted molar refractivity (Wildman–Crippen MR) is 53.4 cm³/mol. The molecule has 14 heavy (non-hydrogen) atoms. The minimum absolute atomic E-state index is 0.124. The number of allylic oxidation sites excluding steroid dienone is 6. The Kier molecular flexibility index (Phi) is 2.33. The Bertz CT molecular complexity index is 406. The fourth-order valence-corrected chi connectivity index (χ4v) is 1.53. The summed E-state index contributed by atoms with van der Waals surface area (Å²) < 4.78 is 13.3. The number of ketones is 1. The van der Waals surface area contributed by atoms with E-state index in [-0.39, 0.29) is 17.4 Å². The first-order chi connectivity index (χ1) is 6.72. The van der Waals surface area contributed by atoms with Crippen molar-refractivity contribution in [3.8, 4) is 0 Å². The first-order valence-electron chi connectivity index (χ1n) is 4.15. The molecule has 2 nitrogen and oxygen atoms in total. The molecule has 0 amide bonds. The molecule has 0 aromatic rings. The highest BCUT2D eigenvalue weighted by molar-refractivity contribution is 6.31. The lowest BCUT2D eigenvalue weighted by Gasteiger charge is -2.17. The Labute approximate surface area is 85.5 Å². The van der Waals surface area contributed by atoms with Gasteiger partial charge in [0.25, 0.3) is 0 Å². The van der Waals surface area contributed by atoms with E-state index < -0.39 is 6.17 Å². The van der Waals surface area contributed by atoms with Crippen LogP contribution in [0.15, 0.2) is 40.6 Å². The third kappa shape index (κ3) is 1.44. The maximum Gasteiger partial charge on any atom is 0.189 e. The van der Waals surface area contributed by atoms with Crippen LogP contribution in [0, 0.1) is 0 Å². The van der Waals surface area contributed by atoms with E-state index in [0.29, 0.717) is 11.3 Å². The highest BCUT2D eigenvalue weighted by Gasteiger charge is 2.26. The van der Waals surface area contributed by atoms with E-state index in [9.17, 15) is 9.18 Å². The smallest absolute Gasteiger partial charge is 0.189 e. The molecule has 2 aliphatic rings. The number of hydrogen-bond donors (Lipinski definition) is 0. The molecule has 0 saturated heterocycles. The van der Waals surface area contributed by atoms with Crippen molar-refractivity contribution in [2.24, 2.45) is 4.99 Å². The Morgan fingerprint density at radius 2 is 2.36 bits per heavy atom. The van der Waals surface area contributed by atoms with Crippen molar-refractivity contribution in [1.29, 1.82) is 0 Å². The second kappa shape index (κ2) is 3.50. The van der Waals surface area contributed by atoms with Crippen molar-refractivity contribution >= 4 is 23.1 Å². The van der Waals surface area contributed by atoms with Crippen molar-refractivity contribution < 1.29 is 9.18 Å². The Morgan fingerprint density at radius 3 is 3.07 bits per heavy atom. The third-order valence-corrected chi connectivity index (χ3v) is 2.32. The lowest BCUT2D eigenvalue weighted by atomic mass is 9.94. The van der Waals surface area contributed by atoms with Gasteiger partial charge in [0, 0.05) is 11.6 Å². The summed E-state index contributed by atoms with van der Waals surface area (Å²) in [4.78, 5) is 15.4. The van der Waals surface area contributed by atoms with Gasteiger partial charge in [-0.05, 0) is 12.2 Å². The van der Waals surface area contributed by atoms with Gasteiger partial charge in [0.05, 0.1) is 17.3 Å². The molecule has 72 valence electrons. The SMILES string of the molecule is O=C1C=C(CCl)N=C2C1=CC=CC2F. The van der Waals surface area contributed by atoms with Gasteiger partial charge in [-0.3, -0.25) is 9.79 Å². The van der Waals surface area contributed by atoms with Crippen molar-refractivity contribution in [2.45, 2.75) is 6.17 Å². The highest BCUT2D eigenvalue weighted by atomic mass is 35.5. The van der Waals surface area contributed by atoms with Crippen molar-refractivity contribution in [1.82, 2.24) is 0 Å². The molecule has 2 rings (SSSR count). The maximum absolute atomic E-state index is 13.3. The zero-order valence-electron chi connectivity index (χ0n) is 7.21.